The van der Waals surface area contributed by atoms with Crippen LogP contribution in [0, 0.1) is 5.92 Å². The van der Waals surface area contributed by atoms with E-state index in [1.165, 1.54) is 0 Å². The lowest BCUT2D eigenvalue weighted by molar-refractivity contribution is -0.122. The van der Waals surface area contributed by atoms with Gasteiger partial charge in [-0.2, -0.15) is 0 Å². The Balaban J connectivity index is 1.38. The van der Waals surface area contributed by atoms with Gasteiger partial charge in [0.1, 0.15) is 5.82 Å². The number of anilines is 2. The molecule has 1 aromatic carbocycles. The van der Waals surface area contributed by atoms with Crippen molar-refractivity contribution in [2.75, 3.05) is 23.3 Å². The van der Waals surface area contributed by atoms with Crippen LogP contribution in [-0.2, 0) is 11.3 Å². The van der Waals surface area contributed by atoms with E-state index in [1.54, 1.807) is 17.2 Å². The highest BCUT2D eigenvalue weighted by Gasteiger charge is 2.30. The largest absolute Gasteiger partial charge is 0.326 e. The van der Waals surface area contributed by atoms with Gasteiger partial charge in [0.2, 0.25) is 5.91 Å². The second kappa shape index (κ2) is 7.15. The fourth-order valence-electron chi connectivity index (χ4n) is 3.28. The Morgan fingerprint density at radius 1 is 1.12 bits per heavy atom. The third kappa shape index (κ3) is 3.40. The number of hydrogen-bond donors (Lipinski definition) is 1. The van der Waals surface area contributed by atoms with Crippen LogP contribution in [0.1, 0.15) is 24.8 Å². The molecule has 26 heavy (non-hydrogen) atoms. The van der Waals surface area contributed by atoms with E-state index >= 15 is 0 Å². The van der Waals surface area contributed by atoms with Crippen molar-refractivity contribution in [3.05, 3.63) is 54.2 Å². The molecule has 0 atom stereocenters. The minimum absolute atomic E-state index is 0.0346. The Hall–Kier alpha value is -2.89. The first-order valence-corrected chi connectivity index (χ1v) is 9.08. The van der Waals surface area contributed by atoms with Crippen LogP contribution in [0.3, 0.4) is 0 Å². The maximum atomic E-state index is 12.7. The fraction of sp³-hybridized carbons (Fsp3) is 0.350. The number of urea groups is 1. The number of nitrogens with zero attached hydrogens (tertiary/aromatic N) is 3. The van der Waals surface area contributed by atoms with Gasteiger partial charge in [-0.15, -0.1) is 0 Å². The number of carbonyl (C=O) groups is 2. The molecule has 1 aliphatic carbocycles. The van der Waals surface area contributed by atoms with Crippen LogP contribution in [0.15, 0.2) is 48.7 Å². The van der Waals surface area contributed by atoms with Gasteiger partial charge in [-0.25, -0.2) is 9.78 Å². The molecule has 1 N–H and O–H groups in total. The van der Waals surface area contributed by atoms with Crippen molar-refractivity contribution in [2.45, 2.75) is 25.8 Å². The minimum atomic E-state index is -0.0346. The molecule has 2 aromatic rings. The standard InChI is InChI=1S/C20H22N4O2/c25-19(16-7-4-8-16)22-17-9-10-18(21-13-17)24-12-11-23(20(24)26)14-15-5-2-1-3-6-15/h1-3,5-6,9-10,13,16H,4,7-8,11-12,14H2,(H,22,25). The van der Waals surface area contributed by atoms with Gasteiger partial charge in [0.25, 0.3) is 0 Å². The first-order valence-electron chi connectivity index (χ1n) is 9.08. The van der Waals surface area contributed by atoms with E-state index in [-0.39, 0.29) is 17.9 Å². The Kier molecular flexibility index (Phi) is 4.56. The Bertz CT molecular complexity index is 787. The van der Waals surface area contributed by atoms with Gasteiger partial charge >= 0.3 is 6.03 Å². The predicted octanol–water partition coefficient (Wildman–Crippen LogP) is 3.26. The van der Waals surface area contributed by atoms with Crippen molar-refractivity contribution in [3.8, 4) is 0 Å². The second-order valence-corrected chi connectivity index (χ2v) is 6.86. The highest BCUT2D eigenvalue weighted by molar-refractivity contribution is 5.94. The number of hydrogen-bond acceptors (Lipinski definition) is 3. The topological polar surface area (TPSA) is 65.5 Å². The summed E-state index contributed by atoms with van der Waals surface area (Å²) < 4.78 is 0. The summed E-state index contributed by atoms with van der Waals surface area (Å²) in [6, 6.07) is 13.5. The third-order valence-corrected chi connectivity index (χ3v) is 5.08. The van der Waals surface area contributed by atoms with Crippen molar-refractivity contribution in [3.63, 3.8) is 0 Å². The molecule has 6 heteroatoms. The summed E-state index contributed by atoms with van der Waals surface area (Å²) in [7, 11) is 0. The summed E-state index contributed by atoms with van der Waals surface area (Å²) in [5.41, 5.74) is 1.79. The van der Waals surface area contributed by atoms with E-state index < -0.39 is 0 Å². The molecule has 2 aliphatic rings. The van der Waals surface area contributed by atoms with Crippen molar-refractivity contribution < 1.29 is 9.59 Å². The summed E-state index contributed by atoms with van der Waals surface area (Å²) in [6.07, 6.45) is 4.69. The summed E-state index contributed by atoms with van der Waals surface area (Å²) in [6.45, 7) is 1.90. The van der Waals surface area contributed by atoms with E-state index in [4.69, 9.17) is 0 Å². The van der Waals surface area contributed by atoms with E-state index in [0.29, 0.717) is 31.1 Å². The van der Waals surface area contributed by atoms with Crippen molar-refractivity contribution in [2.24, 2.45) is 5.92 Å². The third-order valence-electron chi connectivity index (χ3n) is 5.08. The molecule has 1 saturated carbocycles. The lowest BCUT2D eigenvalue weighted by Crippen LogP contribution is -2.32. The number of benzene rings is 1. The summed E-state index contributed by atoms with van der Waals surface area (Å²) in [4.78, 5) is 32.5. The number of amides is 3. The van der Waals surface area contributed by atoms with Crippen molar-refractivity contribution in [1.29, 1.82) is 0 Å². The number of pyridine rings is 1. The molecule has 3 amide bonds. The molecule has 6 nitrogen and oxygen atoms in total. The molecule has 134 valence electrons. The maximum Gasteiger partial charge on any atom is 0.326 e. The lowest BCUT2D eigenvalue weighted by atomic mass is 9.85. The highest BCUT2D eigenvalue weighted by Crippen LogP contribution is 2.28. The zero-order chi connectivity index (χ0) is 17.9. The van der Waals surface area contributed by atoms with Gasteiger partial charge in [0.15, 0.2) is 0 Å². The lowest BCUT2D eigenvalue weighted by Gasteiger charge is -2.24. The van der Waals surface area contributed by atoms with Gasteiger partial charge in [-0.05, 0) is 30.5 Å². The van der Waals surface area contributed by atoms with Crippen LogP contribution in [-0.4, -0.2) is 34.9 Å². The molecular weight excluding hydrogens is 328 g/mol. The molecule has 1 aliphatic heterocycles. The molecule has 2 fully saturated rings. The molecule has 0 unspecified atom stereocenters. The Labute approximate surface area is 152 Å². The molecule has 1 aromatic heterocycles. The van der Waals surface area contributed by atoms with Crippen LogP contribution in [0.2, 0.25) is 0 Å². The van der Waals surface area contributed by atoms with Crippen LogP contribution in [0.4, 0.5) is 16.3 Å². The summed E-state index contributed by atoms with van der Waals surface area (Å²) >= 11 is 0. The van der Waals surface area contributed by atoms with E-state index in [9.17, 15) is 9.59 Å². The molecule has 0 radical (unpaired) electrons. The zero-order valence-electron chi connectivity index (χ0n) is 14.6. The quantitative estimate of drug-likeness (QED) is 0.900. The summed E-state index contributed by atoms with van der Waals surface area (Å²) in [5.74, 6) is 0.825. The van der Waals surface area contributed by atoms with E-state index in [2.05, 4.69) is 10.3 Å². The van der Waals surface area contributed by atoms with E-state index in [1.807, 2.05) is 41.3 Å². The van der Waals surface area contributed by atoms with Crippen LogP contribution in [0.25, 0.3) is 0 Å². The number of carbonyl (C=O) groups excluding carboxylic acids is 2. The summed E-state index contributed by atoms with van der Waals surface area (Å²) in [5, 5.41) is 2.90. The first kappa shape index (κ1) is 16.6. The normalized spacial score (nSPS) is 17.3. The van der Waals surface area contributed by atoms with Gasteiger partial charge < -0.3 is 10.2 Å². The van der Waals surface area contributed by atoms with Gasteiger partial charge in [-0.1, -0.05) is 36.8 Å². The highest BCUT2D eigenvalue weighted by atomic mass is 16.2. The average molecular weight is 350 g/mol. The first-order chi connectivity index (χ1) is 12.7. The Morgan fingerprint density at radius 2 is 1.92 bits per heavy atom. The second-order valence-electron chi connectivity index (χ2n) is 6.86. The van der Waals surface area contributed by atoms with Crippen LogP contribution < -0.4 is 10.2 Å². The molecule has 1 saturated heterocycles. The van der Waals surface area contributed by atoms with Gasteiger partial charge in [0.05, 0.1) is 11.9 Å². The van der Waals surface area contributed by atoms with Crippen LogP contribution >= 0.6 is 0 Å². The molecule has 0 spiro atoms. The Morgan fingerprint density at radius 3 is 2.58 bits per heavy atom. The van der Waals surface area contributed by atoms with Gasteiger partial charge in [-0.3, -0.25) is 9.69 Å². The number of rotatable bonds is 5. The predicted molar refractivity (Wildman–Crippen MR) is 99.8 cm³/mol. The van der Waals surface area contributed by atoms with E-state index in [0.717, 1.165) is 24.8 Å². The smallest absolute Gasteiger partial charge is 0.324 e. The average Bonchev–Trinajstić information content (AvgIpc) is 2.96. The SMILES string of the molecule is O=C(Nc1ccc(N2CCN(Cc3ccccc3)C2=O)nc1)C1CCC1. The minimum Gasteiger partial charge on any atom is -0.324 e. The molecule has 2 heterocycles. The molecule has 0 bridgehead atoms. The van der Waals surface area contributed by atoms with Crippen molar-refractivity contribution in [1.82, 2.24) is 9.88 Å². The van der Waals surface area contributed by atoms with Gasteiger partial charge in [0, 0.05) is 25.6 Å². The fourth-order valence-corrected chi connectivity index (χ4v) is 3.28. The zero-order valence-corrected chi connectivity index (χ0v) is 14.6. The molecule has 4 rings (SSSR count). The monoisotopic (exact) mass is 350 g/mol. The number of aromatic nitrogens is 1. The number of nitrogens with one attached hydrogen (secondary N) is 1. The molecular formula is C20H22N4O2. The van der Waals surface area contributed by atoms with Crippen molar-refractivity contribution >= 4 is 23.4 Å². The maximum absolute atomic E-state index is 12.7. The van der Waals surface area contributed by atoms with Crippen LogP contribution in [0.5, 0.6) is 0 Å².